The van der Waals surface area contributed by atoms with E-state index >= 15 is 0 Å². The van der Waals surface area contributed by atoms with Gasteiger partial charge in [0.05, 0.1) is 36.8 Å². The lowest BCUT2D eigenvalue weighted by Crippen LogP contribution is -2.24. The molecule has 9 heteroatoms. The highest BCUT2D eigenvalue weighted by Gasteiger charge is 2.42. The molecule has 2 atom stereocenters. The number of carbonyl (C=O) groups excluding carboxylic acids is 1. The summed E-state index contributed by atoms with van der Waals surface area (Å²) in [7, 11) is 3.05. The minimum atomic E-state index is -0.577. The molecule has 25 heavy (non-hydrogen) atoms. The van der Waals surface area contributed by atoms with E-state index in [4.69, 9.17) is 28.5 Å². The molecule has 136 valence electrons. The van der Waals surface area contributed by atoms with Crippen LogP contribution in [0.5, 0.6) is 23.0 Å². The maximum absolute atomic E-state index is 12.0. The van der Waals surface area contributed by atoms with Crippen molar-refractivity contribution < 1.29 is 33.3 Å². The van der Waals surface area contributed by atoms with Crippen molar-refractivity contribution in [3.63, 3.8) is 0 Å². The molecular formula is C16H18BrNO7. The average Bonchev–Trinajstić information content (AvgIpc) is 3.21. The van der Waals surface area contributed by atoms with Gasteiger partial charge in [-0.15, -0.1) is 0 Å². The highest BCUT2D eigenvalue weighted by molar-refractivity contribution is 9.10. The number of hydrogen-bond donors (Lipinski definition) is 0. The van der Waals surface area contributed by atoms with E-state index in [0.29, 0.717) is 33.0 Å². The molecule has 0 unspecified atom stereocenters. The van der Waals surface area contributed by atoms with Crippen LogP contribution in [0.1, 0.15) is 25.5 Å². The molecule has 1 aromatic carbocycles. The summed E-state index contributed by atoms with van der Waals surface area (Å²) in [4.78, 5) is 17.6. The van der Waals surface area contributed by atoms with Crippen molar-refractivity contribution in [3.8, 4) is 23.0 Å². The zero-order valence-corrected chi connectivity index (χ0v) is 15.8. The van der Waals surface area contributed by atoms with Gasteiger partial charge in [0.15, 0.2) is 23.3 Å². The molecule has 0 radical (unpaired) electrons. The first-order chi connectivity index (χ1) is 12.0. The first-order valence-electron chi connectivity index (χ1n) is 7.68. The number of fused-ring (bicyclic) bond motifs is 1. The van der Waals surface area contributed by atoms with Gasteiger partial charge in [0.2, 0.25) is 18.3 Å². The number of nitrogens with zero attached hydrogens (tertiary/aromatic N) is 1. The number of oxime groups is 1. The van der Waals surface area contributed by atoms with Crippen molar-refractivity contribution in [1.29, 1.82) is 0 Å². The van der Waals surface area contributed by atoms with Crippen LogP contribution in [0.2, 0.25) is 0 Å². The molecule has 0 saturated carbocycles. The maximum Gasteiger partial charge on any atom is 0.356 e. The van der Waals surface area contributed by atoms with Crippen LogP contribution in [0.3, 0.4) is 0 Å². The van der Waals surface area contributed by atoms with Gasteiger partial charge in [-0.3, -0.25) is 0 Å². The number of rotatable bonds is 5. The molecule has 0 aromatic heterocycles. The van der Waals surface area contributed by atoms with Crippen molar-refractivity contribution in [3.05, 3.63) is 10.0 Å². The van der Waals surface area contributed by atoms with Gasteiger partial charge in [0.1, 0.15) is 0 Å². The summed E-state index contributed by atoms with van der Waals surface area (Å²) >= 11 is 3.52. The molecule has 3 rings (SSSR count). The topological polar surface area (TPSA) is 84.8 Å². The number of carbonyl (C=O) groups is 1. The van der Waals surface area contributed by atoms with Crippen LogP contribution >= 0.6 is 15.9 Å². The lowest BCUT2D eigenvalue weighted by molar-refractivity contribution is -0.135. The third-order valence-corrected chi connectivity index (χ3v) is 4.82. The fraction of sp³-hybridized carbons (Fsp3) is 0.500. The third kappa shape index (κ3) is 2.76. The fourth-order valence-electron chi connectivity index (χ4n) is 2.86. The van der Waals surface area contributed by atoms with Gasteiger partial charge in [0, 0.05) is 0 Å². The van der Waals surface area contributed by atoms with E-state index in [9.17, 15) is 4.79 Å². The van der Waals surface area contributed by atoms with Crippen LogP contribution < -0.4 is 18.9 Å². The Bertz CT molecular complexity index is 734. The van der Waals surface area contributed by atoms with Gasteiger partial charge in [-0.1, -0.05) is 12.1 Å². The minimum Gasteiger partial charge on any atom is -0.492 e. The van der Waals surface area contributed by atoms with E-state index in [1.165, 1.54) is 14.2 Å². The lowest BCUT2D eigenvalue weighted by atomic mass is 9.92. The Morgan fingerprint density at radius 3 is 2.48 bits per heavy atom. The first-order valence-corrected chi connectivity index (χ1v) is 8.48. The Labute approximate surface area is 153 Å². The number of ether oxygens (including phenoxy) is 5. The van der Waals surface area contributed by atoms with Gasteiger partial charge in [-0.25, -0.2) is 4.79 Å². The number of halogens is 1. The molecule has 0 spiro atoms. The minimum absolute atomic E-state index is 0.0591. The SMILES string of the molecule is CCOC(=O)C1=NO[C@@H](c2c(Br)c(OC)c3c(c2OC)OCO3)[C@@H]1C. The highest BCUT2D eigenvalue weighted by Crippen LogP contribution is 2.57. The van der Waals surface area contributed by atoms with Crippen molar-refractivity contribution in [2.75, 3.05) is 27.6 Å². The predicted molar refractivity (Wildman–Crippen MR) is 90.4 cm³/mol. The largest absolute Gasteiger partial charge is 0.492 e. The van der Waals surface area contributed by atoms with E-state index < -0.39 is 12.1 Å². The van der Waals surface area contributed by atoms with Crippen LogP contribution in [0.4, 0.5) is 0 Å². The molecule has 0 fully saturated rings. The Morgan fingerprint density at radius 1 is 1.24 bits per heavy atom. The van der Waals surface area contributed by atoms with Gasteiger partial charge >= 0.3 is 5.97 Å². The standard InChI is InChI=1S/C16H18BrNO7/c1-5-22-16(19)10-7(2)11(25-18-10)8-9(17)13(21-4)15-14(12(8)20-3)23-6-24-15/h7,11H,5-6H2,1-4H3/t7-,11-/m1/s1. The second-order valence-electron chi connectivity index (χ2n) is 5.37. The second-order valence-corrected chi connectivity index (χ2v) is 6.16. The van der Waals surface area contributed by atoms with E-state index in [-0.39, 0.29) is 25.0 Å². The predicted octanol–water partition coefficient (Wildman–Crippen LogP) is 2.82. The Morgan fingerprint density at radius 2 is 1.88 bits per heavy atom. The second kappa shape index (κ2) is 6.99. The van der Waals surface area contributed by atoms with Crippen molar-refractivity contribution in [2.24, 2.45) is 11.1 Å². The van der Waals surface area contributed by atoms with Gasteiger partial charge < -0.3 is 28.5 Å². The molecule has 0 amide bonds. The van der Waals surface area contributed by atoms with E-state index in [1.54, 1.807) is 6.92 Å². The molecule has 0 aliphatic carbocycles. The normalized spacial score (nSPS) is 20.8. The Kier molecular flexibility index (Phi) is 4.94. The van der Waals surface area contributed by atoms with Crippen LogP contribution in [-0.4, -0.2) is 39.3 Å². The summed E-state index contributed by atoms with van der Waals surface area (Å²) in [6.07, 6.45) is -0.577. The Balaban J connectivity index is 2.05. The monoisotopic (exact) mass is 415 g/mol. The fourth-order valence-corrected chi connectivity index (χ4v) is 3.61. The van der Waals surface area contributed by atoms with Gasteiger partial charge in [-0.05, 0) is 22.9 Å². The zero-order chi connectivity index (χ0) is 18.1. The highest BCUT2D eigenvalue weighted by atomic mass is 79.9. The Hall–Kier alpha value is -2.16. The van der Waals surface area contributed by atoms with Crippen molar-refractivity contribution in [2.45, 2.75) is 20.0 Å². The number of benzene rings is 1. The first kappa shape index (κ1) is 17.7. The summed E-state index contributed by atoms with van der Waals surface area (Å²) in [5.74, 6) is 0.931. The molecule has 8 nitrogen and oxygen atoms in total. The van der Waals surface area contributed by atoms with E-state index in [0.717, 1.165) is 0 Å². The van der Waals surface area contributed by atoms with E-state index in [2.05, 4.69) is 21.1 Å². The summed E-state index contributed by atoms with van der Waals surface area (Å²) in [5.41, 5.74) is 0.844. The van der Waals surface area contributed by atoms with E-state index in [1.807, 2.05) is 6.92 Å². The van der Waals surface area contributed by atoms with Crippen molar-refractivity contribution >= 4 is 27.6 Å². The number of hydrogen-bond acceptors (Lipinski definition) is 8. The molecule has 0 N–H and O–H groups in total. The maximum atomic E-state index is 12.0. The molecule has 2 heterocycles. The molecule has 2 aliphatic rings. The molecular weight excluding hydrogens is 398 g/mol. The number of esters is 1. The summed E-state index contributed by atoms with van der Waals surface area (Å²) in [6, 6.07) is 0. The quantitative estimate of drug-likeness (QED) is 0.683. The average molecular weight is 416 g/mol. The van der Waals surface area contributed by atoms with Crippen molar-refractivity contribution in [1.82, 2.24) is 0 Å². The van der Waals surface area contributed by atoms with Crippen LogP contribution in [-0.2, 0) is 14.4 Å². The molecule has 1 aromatic rings. The lowest BCUT2D eigenvalue weighted by Gasteiger charge is -2.21. The smallest absolute Gasteiger partial charge is 0.356 e. The third-order valence-electron chi connectivity index (χ3n) is 4.03. The summed E-state index contributed by atoms with van der Waals surface area (Å²) < 4.78 is 27.6. The molecule has 0 saturated heterocycles. The zero-order valence-electron chi connectivity index (χ0n) is 14.3. The van der Waals surface area contributed by atoms with Gasteiger partial charge in [0.25, 0.3) is 0 Å². The van der Waals surface area contributed by atoms with Crippen LogP contribution in [0.25, 0.3) is 0 Å². The number of methoxy groups -OCH3 is 2. The van der Waals surface area contributed by atoms with Gasteiger partial charge in [-0.2, -0.15) is 0 Å². The molecule has 2 aliphatic heterocycles. The van der Waals surface area contributed by atoms with Crippen LogP contribution in [0.15, 0.2) is 9.63 Å². The summed E-state index contributed by atoms with van der Waals surface area (Å²) in [6.45, 7) is 3.89. The van der Waals surface area contributed by atoms with Crippen LogP contribution in [0, 0.1) is 5.92 Å². The summed E-state index contributed by atoms with van der Waals surface area (Å²) in [5, 5.41) is 3.91. The molecule has 0 bridgehead atoms.